The van der Waals surface area contributed by atoms with Crippen molar-refractivity contribution in [3.63, 3.8) is 0 Å². The second-order valence-electron chi connectivity index (χ2n) is 7.91. The molecule has 0 saturated heterocycles. The van der Waals surface area contributed by atoms with Crippen molar-refractivity contribution in [2.45, 2.75) is 63.9 Å². The fourth-order valence-electron chi connectivity index (χ4n) is 4.18. The van der Waals surface area contributed by atoms with E-state index in [1.54, 1.807) is 11.3 Å². The van der Waals surface area contributed by atoms with E-state index in [1.807, 2.05) is 0 Å². The van der Waals surface area contributed by atoms with Crippen LogP contribution in [-0.2, 0) is 33.8 Å². The highest BCUT2D eigenvalue weighted by atomic mass is 32.1. The van der Waals surface area contributed by atoms with Crippen LogP contribution in [0, 0.1) is 0 Å². The van der Waals surface area contributed by atoms with E-state index in [0.29, 0.717) is 43.4 Å². The van der Waals surface area contributed by atoms with E-state index in [9.17, 15) is 14.7 Å². The first-order valence-corrected chi connectivity index (χ1v) is 11.0. The topological polar surface area (TPSA) is 103 Å². The Bertz CT molecular complexity index is 1010. The normalized spacial score (nSPS) is 19.3. The Morgan fingerprint density at radius 1 is 1.14 bits per heavy atom. The minimum absolute atomic E-state index is 0.107. The van der Waals surface area contributed by atoms with Gasteiger partial charge in [0.05, 0.1) is 18.8 Å². The number of Topliss-reactive ketones (excluding diaryl/α,β-unsaturated/α-hetero) is 1. The zero-order chi connectivity index (χ0) is 20.0. The Balaban J connectivity index is 1.51. The van der Waals surface area contributed by atoms with E-state index in [1.165, 1.54) is 4.88 Å². The maximum Gasteiger partial charge on any atom is 0.331 e. The third-order valence-corrected chi connectivity index (χ3v) is 7.16. The van der Waals surface area contributed by atoms with Crippen LogP contribution in [0.25, 0.3) is 11.5 Å². The second-order valence-corrected chi connectivity index (χ2v) is 9.10. The molecular formula is C21H22N2O5S. The average Bonchev–Trinajstić information content (AvgIpc) is 3.35. The Hall–Kier alpha value is -2.32. The molecule has 0 aromatic carbocycles. The summed E-state index contributed by atoms with van der Waals surface area (Å²) in [4.78, 5) is 31.3. The number of hydrogen-bond donors (Lipinski definition) is 1. The summed E-state index contributed by atoms with van der Waals surface area (Å²) in [5.41, 5.74) is 2.61. The number of ether oxygens (including phenoxy) is 1. The SMILES string of the molecule is O=C(O)C1=C(C(=O)Cc2sc3c(c2-c2nc(C4CC4)no2)COCC3)CCCC1. The molecule has 2 aromatic heterocycles. The highest BCUT2D eigenvalue weighted by molar-refractivity contribution is 7.12. The monoisotopic (exact) mass is 414 g/mol. The summed E-state index contributed by atoms with van der Waals surface area (Å²) in [6, 6.07) is 0. The number of nitrogens with zero attached hydrogens (tertiary/aromatic N) is 2. The molecule has 8 heteroatoms. The molecule has 0 radical (unpaired) electrons. The Labute approximate surface area is 171 Å². The number of rotatable bonds is 6. The van der Waals surface area contributed by atoms with Crippen molar-refractivity contribution in [2.24, 2.45) is 0 Å². The minimum Gasteiger partial charge on any atom is -0.478 e. The van der Waals surface area contributed by atoms with E-state index < -0.39 is 5.97 Å². The first kappa shape index (κ1) is 18.7. The molecule has 0 bridgehead atoms. The molecule has 1 fully saturated rings. The van der Waals surface area contributed by atoms with Crippen molar-refractivity contribution in [2.75, 3.05) is 6.61 Å². The summed E-state index contributed by atoms with van der Waals surface area (Å²) >= 11 is 1.59. The van der Waals surface area contributed by atoms with E-state index in [4.69, 9.17) is 9.26 Å². The number of aromatic nitrogens is 2. The van der Waals surface area contributed by atoms with Gasteiger partial charge in [-0.15, -0.1) is 11.3 Å². The Kier molecular flexibility index (Phi) is 4.83. The van der Waals surface area contributed by atoms with Gasteiger partial charge in [-0.25, -0.2) is 4.79 Å². The fraction of sp³-hybridized carbons (Fsp3) is 0.524. The first-order valence-electron chi connectivity index (χ1n) is 10.2. The van der Waals surface area contributed by atoms with Crippen LogP contribution in [0.3, 0.4) is 0 Å². The number of carboxylic acids is 1. The summed E-state index contributed by atoms with van der Waals surface area (Å²) in [6.07, 6.45) is 5.81. The van der Waals surface area contributed by atoms with Gasteiger partial charge >= 0.3 is 5.97 Å². The highest BCUT2D eigenvalue weighted by Gasteiger charge is 2.32. The molecule has 1 aliphatic heterocycles. The molecule has 29 heavy (non-hydrogen) atoms. The molecule has 1 saturated carbocycles. The maximum atomic E-state index is 13.1. The third kappa shape index (κ3) is 3.55. The lowest BCUT2D eigenvalue weighted by molar-refractivity contribution is -0.133. The number of aliphatic carboxylic acids is 1. The summed E-state index contributed by atoms with van der Waals surface area (Å²) in [5, 5.41) is 13.6. The molecule has 0 spiro atoms. The van der Waals surface area contributed by atoms with Crippen molar-refractivity contribution < 1.29 is 24.0 Å². The lowest BCUT2D eigenvalue weighted by atomic mass is 9.87. The van der Waals surface area contributed by atoms with Gasteiger partial charge in [-0.2, -0.15) is 4.98 Å². The Morgan fingerprint density at radius 2 is 1.93 bits per heavy atom. The number of carboxylic acid groups (broad SMARTS) is 1. The standard InChI is InChI=1S/C21H22N2O5S/c24-15(12-3-1-2-4-13(12)21(25)26)9-17-18(14-10-27-8-7-16(14)29-17)20-22-19(23-28-20)11-5-6-11/h11H,1-10H2,(H,25,26). The van der Waals surface area contributed by atoms with Crippen molar-refractivity contribution in [1.82, 2.24) is 10.1 Å². The quantitative estimate of drug-likeness (QED) is 0.766. The van der Waals surface area contributed by atoms with Crippen LogP contribution >= 0.6 is 11.3 Å². The molecule has 1 N–H and O–H groups in total. The van der Waals surface area contributed by atoms with Crippen LogP contribution in [-0.4, -0.2) is 33.6 Å². The lowest BCUT2D eigenvalue weighted by Crippen LogP contribution is -2.17. The highest BCUT2D eigenvalue weighted by Crippen LogP contribution is 2.42. The summed E-state index contributed by atoms with van der Waals surface area (Å²) < 4.78 is 11.2. The van der Waals surface area contributed by atoms with Gasteiger partial charge in [0, 0.05) is 45.2 Å². The van der Waals surface area contributed by atoms with Crippen LogP contribution in [0.2, 0.25) is 0 Å². The molecule has 7 nitrogen and oxygen atoms in total. The molecule has 2 aromatic rings. The van der Waals surface area contributed by atoms with Gasteiger partial charge in [0.25, 0.3) is 5.89 Å². The molecule has 2 aliphatic carbocycles. The number of carbonyl (C=O) groups excluding carboxylic acids is 1. The first-order chi connectivity index (χ1) is 14.1. The minimum atomic E-state index is -0.974. The molecule has 0 amide bonds. The summed E-state index contributed by atoms with van der Waals surface area (Å²) in [7, 11) is 0. The van der Waals surface area contributed by atoms with Gasteiger partial charge in [-0.1, -0.05) is 5.16 Å². The number of allylic oxidation sites excluding steroid dienone is 1. The molecule has 3 heterocycles. The van der Waals surface area contributed by atoms with E-state index in [0.717, 1.165) is 53.9 Å². The summed E-state index contributed by atoms with van der Waals surface area (Å²) in [6.45, 7) is 1.13. The predicted octanol–water partition coefficient (Wildman–Crippen LogP) is 3.82. The summed E-state index contributed by atoms with van der Waals surface area (Å²) in [5.74, 6) is 0.489. The van der Waals surface area contributed by atoms with Crippen LogP contribution in [0.15, 0.2) is 15.7 Å². The van der Waals surface area contributed by atoms with Crippen LogP contribution < -0.4 is 0 Å². The van der Waals surface area contributed by atoms with Crippen molar-refractivity contribution in [3.05, 3.63) is 32.3 Å². The van der Waals surface area contributed by atoms with E-state index >= 15 is 0 Å². The molecular weight excluding hydrogens is 392 g/mol. The van der Waals surface area contributed by atoms with Gasteiger partial charge in [-0.3, -0.25) is 4.79 Å². The van der Waals surface area contributed by atoms with E-state index in [2.05, 4.69) is 10.1 Å². The third-order valence-electron chi connectivity index (χ3n) is 5.87. The maximum absolute atomic E-state index is 13.1. The van der Waals surface area contributed by atoms with Crippen LogP contribution in [0.5, 0.6) is 0 Å². The fourth-order valence-corrected chi connectivity index (χ4v) is 5.46. The zero-order valence-electron chi connectivity index (χ0n) is 16.0. The molecule has 3 aliphatic rings. The number of thiophene rings is 1. The number of ketones is 1. The van der Waals surface area contributed by atoms with Crippen LogP contribution in [0.1, 0.15) is 65.6 Å². The largest absolute Gasteiger partial charge is 0.478 e. The number of carbonyl (C=O) groups is 2. The van der Waals surface area contributed by atoms with Crippen molar-refractivity contribution >= 4 is 23.1 Å². The lowest BCUT2D eigenvalue weighted by Gasteiger charge is -2.16. The van der Waals surface area contributed by atoms with Gasteiger partial charge < -0.3 is 14.4 Å². The van der Waals surface area contributed by atoms with Gasteiger partial charge in [0.1, 0.15) is 0 Å². The van der Waals surface area contributed by atoms with Gasteiger partial charge in [-0.05, 0) is 38.5 Å². The number of hydrogen-bond acceptors (Lipinski definition) is 7. The molecule has 0 atom stereocenters. The molecule has 5 rings (SSSR count). The molecule has 152 valence electrons. The van der Waals surface area contributed by atoms with E-state index in [-0.39, 0.29) is 17.8 Å². The zero-order valence-corrected chi connectivity index (χ0v) is 16.8. The average molecular weight is 414 g/mol. The smallest absolute Gasteiger partial charge is 0.331 e. The predicted molar refractivity (Wildman–Crippen MR) is 105 cm³/mol. The second kappa shape index (κ2) is 7.50. The molecule has 0 unspecified atom stereocenters. The van der Waals surface area contributed by atoms with Gasteiger partial charge in [0.2, 0.25) is 0 Å². The number of fused-ring (bicyclic) bond motifs is 1. The van der Waals surface area contributed by atoms with Crippen molar-refractivity contribution in [3.8, 4) is 11.5 Å². The van der Waals surface area contributed by atoms with Gasteiger partial charge in [0.15, 0.2) is 11.6 Å². The van der Waals surface area contributed by atoms with Crippen LogP contribution in [0.4, 0.5) is 0 Å². The Morgan fingerprint density at radius 3 is 2.69 bits per heavy atom. The van der Waals surface area contributed by atoms with Crippen molar-refractivity contribution in [1.29, 1.82) is 0 Å².